The summed E-state index contributed by atoms with van der Waals surface area (Å²) in [6.45, 7) is 4.65. The predicted molar refractivity (Wildman–Crippen MR) is 43.9 cm³/mol. The first kappa shape index (κ1) is 8.13. The fourth-order valence-electron chi connectivity index (χ4n) is 1.41. The van der Waals surface area contributed by atoms with Crippen LogP contribution in [0.1, 0.15) is 26.7 Å². The monoisotopic (exact) mass is 151 g/mol. The Morgan fingerprint density at radius 3 is 2.82 bits per heavy atom. The Kier molecular flexibility index (Phi) is 2.53. The van der Waals surface area contributed by atoms with Gasteiger partial charge in [0.15, 0.2) is 0 Å². The first-order chi connectivity index (χ1) is 5.25. The van der Waals surface area contributed by atoms with E-state index < -0.39 is 0 Å². The van der Waals surface area contributed by atoms with Gasteiger partial charge in [0.2, 0.25) is 0 Å². The van der Waals surface area contributed by atoms with E-state index in [1.54, 1.807) is 6.92 Å². The normalized spacial score (nSPS) is 22.7. The maximum atomic E-state index is 11.2. The first-order valence-electron chi connectivity index (χ1n) is 3.99. The Hall–Kier alpha value is -0.970. The molecule has 1 atom stereocenters. The number of likely N-dealkylation sites (tertiary alicyclic amines) is 1. The van der Waals surface area contributed by atoms with Crippen LogP contribution >= 0.6 is 0 Å². The third-order valence-electron chi connectivity index (χ3n) is 2.05. The quantitative estimate of drug-likeness (QED) is 0.473. The van der Waals surface area contributed by atoms with Crippen molar-refractivity contribution < 1.29 is 4.79 Å². The van der Waals surface area contributed by atoms with Crippen LogP contribution in [0.5, 0.6) is 0 Å². The molecular weight excluding hydrogens is 138 g/mol. The highest BCUT2D eigenvalue weighted by molar-refractivity contribution is 5.93. The second-order valence-corrected chi connectivity index (χ2v) is 2.86. The Bertz CT molecular complexity index is 211. The minimum atomic E-state index is -0.0162. The van der Waals surface area contributed by atoms with Gasteiger partial charge in [0, 0.05) is 12.6 Å². The van der Waals surface area contributed by atoms with Crippen LogP contribution < -0.4 is 0 Å². The van der Waals surface area contributed by atoms with Gasteiger partial charge in [-0.2, -0.15) is 0 Å². The highest BCUT2D eigenvalue weighted by atomic mass is 16.2. The van der Waals surface area contributed by atoms with Gasteiger partial charge < -0.3 is 4.90 Å². The number of carbonyl (C=O) groups excluding carboxylic acids is 1. The molecule has 0 aromatic carbocycles. The third kappa shape index (κ3) is 1.74. The molecule has 0 unspecified atom stereocenters. The van der Waals surface area contributed by atoms with Crippen LogP contribution in [0.25, 0.3) is 0 Å². The van der Waals surface area contributed by atoms with Gasteiger partial charge in [0.05, 0.1) is 0 Å². The zero-order valence-electron chi connectivity index (χ0n) is 7.05. The molecule has 0 N–H and O–H groups in total. The Morgan fingerprint density at radius 1 is 1.64 bits per heavy atom. The van der Waals surface area contributed by atoms with Gasteiger partial charge in [-0.05, 0) is 32.6 Å². The largest absolute Gasteiger partial charge is 0.329 e. The molecule has 1 fully saturated rings. The summed E-state index contributed by atoms with van der Waals surface area (Å²) in [5.74, 6) is 5.16. The van der Waals surface area contributed by atoms with E-state index in [2.05, 4.69) is 18.8 Å². The third-order valence-corrected chi connectivity index (χ3v) is 2.05. The lowest BCUT2D eigenvalue weighted by atomic mass is 10.2. The van der Waals surface area contributed by atoms with E-state index in [1.807, 2.05) is 4.90 Å². The van der Waals surface area contributed by atoms with E-state index in [-0.39, 0.29) is 5.91 Å². The fraction of sp³-hybridized carbons (Fsp3) is 0.667. The number of amides is 1. The van der Waals surface area contributed by atoms with E-state index in [1.165, 1.54) is 0 Å². The van der Waals surface area contributed by atoms with Crippen molar-refractivity contribution in [2.45, 2.75) is 32.7 Å². The van der Waals surface area contributed by atoms with Crippen LogP contribution in [-0.4, -0.2) is 23.4 Å². The number of nitrogens with zero attached hydrogens (tertiary/aromatic N) is 1. The molecule has 1 aliphatic heterocycles. The molecule has 0 radical (unpaired) electrons. The average molecular weight is 151 g/mol. The van der Waals surface area contributed by atoms with Crippen LogP contribution in [0.2, 0.25) is 0 Å². The summed E-state index contributed by atoms with van der Waals surface area (Å²) in [5.41, 5.74) is 0. The Labute approximate surface area is 67.6 Å². The van der Waals surface area contributed by atoms with Crippen LogP contribution in [0.3, 0.4) is 0 Å². The average Bonchev–Trinajstić information content (AvgIpc) is 2.36. The van der Waals surface area contributed by atoms with Gasteiger partial charge in [-0.15, -0.1) is 0 Å². The number of rotatable bonds is 0. The maximum Gasteiger partial charge on any atom is 0.298 e. The maximum absolute atomic E-state index is 11.2. The van der Waals surface area contributed by atoms with E-state index in [0.29, 0.717) is 6.04 Å². The molecule has 1 aliphatic rings. The summed E-state index contributed by atoms with van der Waals surface area (Å²) in [6.07, 6.45) is 2.25. The minimum absolute atomic E-state index is 0.0162. The SMILES string of the molecule is CC#CC(=O)N1CCC[C@@H]1C. The van der Waals surface area contributed by atoms with Gasteiger partial charge in [0.25, 0.3) is 5.91 Å². The van der Waals surface area contributed by atoms with E-state index in [9.17, 15) is 4.79 Å². The fourth-order valence-corrected chi connectivity index (χ4v) is 1.41. The van der Waals surface area contributed by atoms with Crippen LogP contribution in [0.15, 0.2) is 0 Å². The summed E-state index contributed by atoms with van der Waals surface area (Å²) in [5, 5.41) is 0. The number of hydrogen-bond donors (Lipinski definition) is 0. The first-order valence-corrected chi connectivity index (χ1v) is 3.99. The lowest BCUT2D eigenvalue weighted by Gasteiger charge is -2.17. The molecule has 0 saturated carbocycles. The zero-order chi connectivity index (χ0) is 8.27. The van der Waals surface area contributed by atoms with Gasteiger partial charge in [-0.3, -0.25) is 4.79 Å². The second-order valence-electron chi connectivity index (χ2n) is 2.86. The molecule has 2 heteroatoms. The molecule has 1 saturated heterocycles. The van der Waals surface area contributed by atoms with E-state index in [0.717, 1.165) is 19.4 Å². The summed E-state index contributed by atoms with van der Waals surface area (Å²) < 4.78 is 0. The molecule has 0 aliphatic carbocycles. The molecular formula is C9H13NO. The van der Waals surface area contributed by atoms with Crippen molar-refractivity contribution in [1.82, 2.24) is 4.90 Å². The highest BCUT2D eigenvalue weighted by Crippen LogP contribution is 2.15. The minimum Gasteiger partial charge on any atom is -0.329 e. The summed E-state index contributed by atoms with van der Waals surface area (Å²) in [4.78, 5) is 13.1. The van der Waals surface area contributed by atoms with Crippen molar-refractivity contribution in [3.8, 4) is 11.8 Å². The molecule has 0 aromatic heterocycles. The van der Waals surface area contributed by atoms with Crippen molar-refractivity contribution in [2.75, 3.05) is 6.54 Å². The van der Waals surface area contributed by atoms with Crippen molar-refractivity contribution in [2.24, 2.45) is 0 Å². The number of hydrogen-bond acceptors (Lipinski definition) is 1. The van der Waals surface area contributed by atoms with Gasteiger partial charge in [0.1, 0.15) is 0 Å². The van der Waals surface area contributed by atoms with Crippen molar-refractivity contribution in [3.63, 3.8) is 0 Å². The molecule has 1 rings (SSSR count). The summed E-state index contributed by atoms with van der Waals surface area (Å²) in [6, 6.07) is 0.392. The van der Waals surface area contributed by atoms with Crippen LogP contribution in [0, 0.1) is 11.8 Å². The standard InChI is InChI=1S/C9H13NO/c1-3-5-9(11)10-7-4-6-8(10)2/h8H,4,6-7H2,1-2H3/t8-/m0/s1. The van der Waals surface area contributed by atoms with Crippen LogP contribution in [0.4, 0.5) is 0 Å². The van der Waals surface area contributed by atoms with Crippen molar-refractivity contribution >= 4 is 5.91 Å². The summed E-state index contributed by atoms with van der Waals surface area (Å²) >= 11 is 0. The van der Waals surface area contributed by atoms with Gasteiger partial charge in [-0.25, -0.2) is 0 Å². The van der Waals surface area contributed by atoms with Gasteiger partial charge in [-0.1, -0.05) is 5.92 Å². The van der Waals surface area contributed by atoms with Crippen molar-refractivity contribution in [1.29, 1.82) is 0 Å². The smallest absolute Gasteiger partial charge is 0.298 e. The Morgan fingerprint density at radius 2 is 2.36 bits per heavy atom. The second kappa shape index (κ2) is 3.43. The number of carbonyl (C=O) groups is 1. The topological polar surface area (TPSA) is 20.3 Å². The summed E-state index contributed by atoms with van der Waals surface area (Å²) in [7, 11) is 0. The lowest BCUT2D eigenvalue weighted by molar-refractivity contribution is -0.125. The predicted octanol–water partition coefficient (Wildman–Crippen LogP) is 1.02. The van der Waals surface area contributed by atoms with Crippen molar-refractivity contribution in [3.05, 3.63) is 0 Å². The van der Waals surface area contributed by atoms with Crippen LogP contribution in [-0.2, 0) is 4.79 Å². The highest BCUT2D eigenvalue weighted by Gasteiger charge is 2.23. The lowest BCUT2D eigenvalue weighted by Crippen LogP contribution is -2.32. The van der Waals surface area contributed by atoms with E-state index >= 15 is 0 Å². The Balaban J connectivity index is 2.57. The van der Waals surface area contributed by atoms with E-state index in [4.69, 9.17) is 0 Å². The van der Waals surface area contributed by atoms with Gasteiger partial charge >= 0.3 is 0 Å². The molecule has 0 aromatic rings. The molecule has 1 heterocycles. The molecule has 11 heavy (non-hydrogen) atoms. The molecule has 0 spiro atoms. The molecule has 0 bridgehead atoms. The molecule has 60 valence electrons. The molecule has 1 amide bonds. The molecule has 2 nitrogen and oxygen atoms in total. The zero-order valence-corrected chi connectivity index (χ0v) is 7.05.